The predicted octanol–water partition coefficient (Wildman–Crippen LogP) is 8.72. The van der Waals surface area contributed by atoms with E-state index >= 15 is 0 Å². The van der Waals surface area contributed by atoms with Crippen molar-refractivity contribution in [2.45, 2.75) is 115 Å². The fourth-order valence-corrected chi connectivity index (χ4v) is 10.6. The van der Waals surface area contributed by atoms with Gasteiger partial charge in [0.25, 0.3) is 5.56 Å². The second-order valence-corrected chi connectivity index (χ2v) is 21.3. The van der Waals surface area contributed by atoms with Crippen LogP contribution in [0.1, 0.15) is 133 Å². The topological polar surface area (TPSA) is 200 Å². The molecule has 5 atom stereocenters. The standard InChI is InChI=1S/C61H66N6O12/c1-9-38-18-20-39(21-19-38)35-65(37-44-16-13-14-28-66(44)58(72)79-60(3,4)5)29-30-74-59(73)77-53-34-54(76-50(53)10-2)67-36-41(55(69)63-57(67)71)15-11-12-17-49(68)40-22-25-45-48(31-40)61(78-56(45)70)46-26-23-42(62-6)32-51(46)75-52-33-43(64(7)8)24-27-47(52)61/h1,18-27,31-33,36,44,50,53-54,62H,10,12-14,16-17,28-30,34-35,37H2,2-8H3,(H,63,69,71)/t44?,50-,53?,54-,61?/m1/s1. The first-order valence-electron chi connectivity index (χ1n) is 26.7. The fraction of sp³-hybridized carbons (Fsp3) is 0.410. The number of rotatable bonds is 15. The SMILES string of the molecule is C#Cc1ccc(CN(CCOC(=O)OC2C[C@H](n3cc(C#CCCC(=O)c4ccc5c(c4)C4(OC5=O)c5ccc(NC)cc5Oc5cc(N(C)C)ccc54)c(=O)[nH]c3=O)O[C@@H]2CC)CC2CCCCN2C(=O)OC(C)(C)C)cc1. The molecule has 412 valence electrons. The number of Topliss-reactive ketones (excluding diaryl/α,β-unsaturated/α-hetero) is 1. The van der Waals surface area contributed by atoms with E-state index in [-0.39, 0.29) is 49.4 Å². The van der Waals surface area contributed by atoms with Crippen molar-refractivity contribution in [3.8, 4) is 35.7 Å². The van der Waals surface area contributed by atoms with E-state index in [1.807, 2.05) is 107 Å². The summed E-state index contributed by atoms with van der Waals surface area (Å²) in [5, 5.41) is 3.13. The molecule has 1 aromatic heterocycles. The molecule has 0 radical (unpaired) electrons. The van der Waals surface area contributed by atoms with Crippen molar-refractivity contribution >= 4 is 35.4 Å². The number of nitrogens with zero attached hydrogens (tertiary/aromatic N) is 4. The number of carbonyl (C=O) groups is 4. The number of amides is 1. The molecule has 18 nitrogen and oxygen atoms in total. The van der Waals surface area contributed by atoms with Crippen LogP contribution in [0.25, 0.3) is 0 Å². The monoisotopic (exact) mass is 1070 g/mol. The van der Waals surface area contributed by atoms with Gasteiger partial charge < -0.3 is 43.5 Å². The number of nitrogens with one attached hydrogen (secondary N) is 2. The van der Waals surface area contributed by atoms with Gasteiger partial charge in [-0.2, -0.15) is 0 Å². The van der Waals surface area contributed by atoms with Gasteiger partial charge >= 0.3 is 23.9 Å². The van der Waals surface area contributed by atoms with Gasteiger partial charge in [-0.3, -0.25) is 24.0 Å². The lowest BCUT2D eigenvalue weighted by molar-refractivity contribution is -0.0386. The minimum absolute atomic E-state index is 0.0126. The summed E-state index contributed by atoms with van der Waals surface area (Å²) < 4.78 is 37.4. The number of aromatic nitrogens is 2. The predicted molar refractivity (Wildman–Crippen MR) is 296 cm³/mol. The number of esters is 1. The summed E-state index contributed by atoms with van der Waals surface area (Å²) in [6.45, 7) is 9.32. The van der Waals surface area contributed by atoms with Crippen LogP contribution in [0.4, 0.5) is 21.0 Å². The van der Waals surface area contributed by atoms with E-state index in [1.165, 1.54) is 10.8 Å². The van der Waals surface area contributed by atoms with Crippen LogP contribution in [0, 0.1) is 24.2 Å². The first-order valence-corrected chi connectivity index (χ1v) is 26.7. The summed E-state index contributed by atoms with van der Waals surface area (Å²) >= 11 is 0. The highest BCUT2D eigenvalue weighted by atomic mass is 16.7. The molecule has 3 unspecified atom stereocenters. The number of terminal acetylenes is 1. The van der Waals surface area contributed by atoms with Gasteiger partial charge in [0.05, 0.1) is 11.7 Å². The number of ether oxygens (including phenoxy) is 6. The molecule has 1 spiro atoms. The average Bonchev–Trinajstić information content (AvgIpc) is 4.10. The third-order valence-electron chi connectivity index (χ3n) is 14.6. The molecular weight excluding hydrogens is 1010 g/mol. The third kappa shape index (κ3) is 12.1. The van der Waals surface area contributed by atoms with Crippen molar-refractivity contribution in [3.63, 3.8) is 0 Å². The number of hydrogen-bond acceptors (Lipinski definition) is 15. The molecule has 0 aliphatic carbocycles. The van der Waals surface area contributed by atoms with Crippen molar-refractivity contribution in [2.24, 2.45) is 0 Å². The number of hydrogen-bond donors (Lipinski definition) is 2. The highest BCUT2D eigenvalue weighted by Gasteiger charge is 2.54. The van der Waals surface area contributed by atoms with E-state index < -0.39 is 53.0 Å². The molecule has 4 aromatic carbocycles. The molecule has 18 heteroatoms. The minimum Gasteiger partial charge on any atom is -0.456 e. The summed E-state index contributed by atoms with van der Waals surface area (Å²) in [7, 11) is 5.64. The molecule has 1 amide bonds. The zero-order valence-corrected chi connectivity index (χ0v) is 45.6. The Labute approximate surface area is 459 Å². The Morgan fingerprint density at radius 3 is 2.43 bits per heavy atom. The maximum absolute atomic E-state index is 13.9. The normalized spacial score (nSPS) is 19.9. The van der Waals surface area contributed by atoms with Crippen molar-refractivity contribution in [3.05, 3.63) is 150 Å². The number of likely N-dealkylation sites (tertiary alicyclic amines) is 1. The van der Waals surface area contributed by atoms with E-state index in [4.69, 9.17) is 34.8 Å². The summed E-state index contributed by atoms with van der Waals surface area (Å²) in [5.41, 5.74) is 2.31. The number of H-pyrrole nitrogens is 1. The number of carbonyl (C=O) groups excluding carboxylic acids is 4. The number of anilines is 2. The molecule has 0 bridgehead atoms. The number of benzene rings is 4. The lowest BCUT2D eigenvalue weighted by Gasteiger charge is -2.39. The maximum atomic E-state index is 13.9. The first-order chi connectivity index (χ1) is 37.9. The number of fused-ring (bicyclic) bond motifs is 6. The lowest BCUT2D eigenvalue weighted by Crippen LogP contribution is -2.51. The Hall–Kier alpha value is -8.32. The van der Waals surface area contributed by atoms with Gasteiger partial charge in [0.2, 0.25) is 0 Å². The zero-order valence-electron chi connectivity index (χ0n) is 45.6. The number of ketones is 1. The van der Waals surface area contributed by atoms with Crippen LogP contribution in [0.3, 0.4) is 0 Å². The van der Waals surface area contributed by atoms with Gasteiger partial charge in [-0.15, -0.1) is 6.42 Å². The van der Waals surface area contributed by atoms with Crippen molar-refractivity contribution in [1.82, 2.24) is 19.4 Å². The van der Waals surface area contributed by atoms with Crippen LogP contribution >= 0.6 is 0 Å². The van der Waals surface area contributed by atoms with Gasteiger partial charge in [-0.25, -0.2) is 19.2 Å². The quantitative estimate of drug-likeness (QED) is 0.0436. The van der Waals surface area contributed by atoms with Crippen LogP contribution in [-0.2, 0) is 35.8 Å². The largest absolute Gasteiger partial charge is 0.508 e. The maximum Gasteiger partial charge on any atom is 0.508 e. The molecular formula is C61H66N6O12. The molecule has 4 aliphatic rings. The van der Waals surface area contributed by atoms with Crippen molar-refractivity contribution in [2.75, 3.05) is 57.6 Å². The number of piperidine rings is 1. The van der Waals surface area contributed by atoms with Crippen LogP contribution in [0.2, 0.25) is 0 Å². The molecule has 79 heavy (non-hydrogen) atoms. The van der Waals surface area contributed by atoms with Gasteiger partial charge in [0.1, 0.15) is 41.6 Å². The van der Waals surface area contributed by atoms with Crippen LogP contribution in [-0.4, -0.2) is 115 Å². The van der Waals surface area contributed by atoms with Gasteiger partial charge in [0, 0.05) is 130 Å². The van der Waals surface area contributed by atoms with E-state index in [2.05, 4.69) is 33.0 Å². The summed E-state index contributed by atoms with van der Waals surface area (Å²) in [6.07, 6.45) is 6.55. The molecule has 2 saturated heterocycles. The summed E-state index contributed by atoms with van der Waals surface area (Å²) in [6, 6.07) is 23.7. The summed E-state index contributed by atoms with van der Waals surface area (Å²) in [5.74, 6) is 8.60. The van der Waals surface area contributed by atoms with Crippen molar-refractivity contribution < 1.29 is 47.6 Å². The zero-order chi connectivity index (χ0) is 56.2. The molecule has 5 aromatic rings. The van der Waals surface area contributed by atoms with E-state index in [0.29, 0.717) is 71.9 Å². The molecule has 5 heterocycles. The highest BCUT2D eigenvalue weighted by Crippen LogP contribution is 2.57. The molecule has 9 rings (SSSR count). The fourth-order valence-electron chi connectivity index (χ4n) is 10.6. The molecule has 2 fully saturated rings. The lowest BCUT2D eigenvalue weighted by atomic mass is 9.77. The average molecular weight is 1080 g/mol. The van der Waals surface area contributed by atoms with Crippen LogP contribution in [0.5, 0.6) is 11.5 Å². The molecule has 0 saturated carbocycles. The van der Waals surface area contributed by atoms with Crippen molar-refractivity contribution in [1.29, 1.82) is 0 Å². The summed E-state index contributed by atoms with van der Waals surface area (Å²) in [4.78, 5) is 88.6. The second-order valence-electron chi connectivity index (χ2n) is 21.3. The Bertz CT molecular complexity index is 3380. The van der Waals surface area contributed by atoms with E-state index in [9.17, 15) is 28.8 Å². The Balaban J connectivity index is 0.842. The van der Waals surface area contributed by atoms with E-state index in [0.717, 1.165) is 41.8 Å². The Morgan fingerprint density at radius 2 is 1.71 bits per heavy atom. The Morgan fingerprint density at radius 1 is 0.949 bits per heavy atom. The van der Waals surface area contributed by atoms with Crippen LogP contribution in [0.15, 0.2) is 94.6 Å². The van der Waals surface area contributed by atoms with E-state index in [1.54, 1.807) is 30.1 Å². The molecule has 2 N–H and O–H groups in total. The minimum atomic E-state index is -1.39. The molecule has 4 aliphatic heterocycles. The third-order valence-corrected chi connectivity index (χ3v) is 14.6. The second kappa shape index (κ2) is 23.3. The van der Waals surface area contributed by atoms with Gasteiger partial charge in [0.15, 0.2) is 11.4 Å². The van der Waals surface area contributed by atoms with Gasteiger partial charge in [-0.05, 0) is 101 Å². The number of aromatic amines is 1. The Kier molecular flexibility index (Phi) is 16.4. The highest BCUT2D eigenvalue weighted by molar-refractivity contribution is 6.01. The first kappa shape index (κ1) is 55.4. The van der Waals surface area contributed by atoms with Gasteiger partial charge in [-0.1, -0.05) is 42.9 Å². The smallest absolute Gasteiger partial charge is 0.456 e. The van der Waals surface area contributed by atoms with Crippen LogP contribution < -0.4 is 26.2 Å².